The van der Waals surface area contributed by atoms with Crippen LogP contribution >= 0.6 is 0 Å². The lowest BCUT2D eigenvalue weighted by atomic mass is 10.1. The van der Waals surface area contributed by atoms with Gasteiger partial charge in [-0.05, 0) is 19.4 Å². The molecule has 2 aliphatic rings. The molecule has 8 nitrogen and oxygen atoms in total. The average Bonchev–Trinajstić information content (AvgIpc) is 2.73. The van der Waals surface area contributed by atoms with E-state index in [9.17, 15) is 28.3 Å². The summed E-state index contributed by atoms with van der Waals surface area (Å²) in [6.07, 6.45) is -1.53. The van der Waals surface area contributed by atoms with Crippen molar-refractivity contribution >= 4 is 11.8 Å². The van der Waals surface area contributed by atoms with E-state index in [2.05, 4.69) is 5.32 Å². The number of rotatable bonds is 3. The third kappa shape index (κ3) is 3.32. The summed E-state index contributed by atoms with van der Waals surface area (Å²) in [4.78, 5) is 39.3. The third-order valence-electron chi connectivity index (χ3n) is 5.01. The summed E-state index contributed by atoms with van der Waals surface area (Å²) in [6.45, 7) is -1.46. The number of halogens is 2. The molecule has 1 aromatic heterocycles. The van der Waals surface area contributed by atoms with E-state index in [0.29, 0.717) is 6.07 Å². The van der Waals surface area contributed by atoms with E-state index in [1.54, 1.807) is 0 Å². The second-order valence-electron chi connectivity index (χ2n) is 6.95. The van der Waals surface area contributed by atoms with Crippen LogP contribution in [0.25, 0.3) is 0 Å². The summed E-state index contributed by atoms with van der Waals surface area (Å²) in [6, 6.07) is 1.86. The molecule has 0 spiro atoms. The number of aromatic nitrogens is 1. The highest BCUT2D eigenvalue weighted by Gasteiger charge is 2.41. The molecular formula is C20H19F2N3O5. The van der Waals surface area contributed by atoms with Crippen molar-refractivity contribution in [3.05, 3.63) is 63.1 Å². The first kappa shape index (κ1) is 16.5. The lowest BCUT2D eigenvalue weighted by Crippen LogP contribution is -2.57. The second kappa shape index (κ2) is 7.52. The van der Waals surface area contributed by atoms with Gasteiger partial charge in [-0.1, -0.05) is 6.07 Å². The minimum atomic E-state index is -2.35. The first-order valence-corrected chi connectivity index (χ1v) is 9.03. The highest BCUT2D eigenvalue weighted by atomic mass is 19.1. The van der Waals surface area contributed by atoms with Crippen LogP contribution in [0.5, 0.6) is 5.75 Å². The predicted molar refractivity (Wildman–Crippen MR) is 99.9 cm³/mol. The molecule has 2 amide bonds. The quantitative estimate of drug-likeness (QED) is 0.778. The van der Waals surface area contributed by atoms with Crippen molar-refractivity contribution in [2.75, 3.05) is 6.56 Å². The Labute approximate surface area is 173 Å². The monoisotopic (exact) mass is 422 g/mol. The molecule has 0 saturated carbocycles. The number of ether oxygens (including phenoxy) is 1. The van der Waals surface area contributed by atoms with E-state index in [-0.39, 0.29) is 18.7 Å². The van der Waals surface area contributed by atoms with Crippen LogP contribution in [-0.4, -0.2) is 45.2 Å². The SMILES string of the molecule is [2H]C1[C@@H](C)N2C(=O)c3c(O)c(=O)c(C(=O)NCc4ccc(F)cc4F)cn3C[C@H]2OC1([2H])[2H]. The number of nitrogens with zero attached hydrogens (tertiary/aromatic N) is 2. The first-order chi connectivity index (χ1) is 15.4. The van der Waals surface area contributed by atoms with Crippen molar-refractivity contribution in [2.45, 2.75) is 38.7 Å². The van der Waals surface area contributed by atoms with Gasteiger partial charge in [0.25, 0.3) is 11.8 Å². The van der Waals surface area contributed by atoms with Crippen molar-refractivity contribution in [2.24, 2.45) is 0 Å². The number of carbonyl (C=O) groups is 2. The van der Waals surface area contributed by atoms with Crippen LogP contribution in [-0.2, 0) is 17.8 Å². The summed E-state index contributed by atoms with van der Waals surface area (Å²) in [5.41, 5.74) is -2.11. The van der Waals surface area contributed by atoms with Crippen LogP contribution < -0.4 is 10.7 Å². The van der Waals surface area contributed by atoms with E-state index in [1.165, 1.54) is 6.92 Å². The van der Waals surface area contributed by atoms with E-state index in [0.717, 1.165) is 27.8 Å². The minimum Gasteiger partial charge on any atom is -0.503 e. The number of aromatic hydroxyl groups is 1. The second-order valence-corrected chi connectivity index (χ2v) is 6.95. The zero-order valence-electron chi connectivity index (χ0n) is 18.7. The molecule has 2 N–H and O–H groups in total. The summed E-state index contributed by atoms with van der Waals surface area (Å²) in [5, 5.41) is 12.7. The molecule has 1 unspecified atom stereocenters. The number of fused-ring (bicyclic) bond motifs is 2. The van der Waals surface area contributed by atoms with E-state index in [4.69, 9.17) is 8.85 Å². The lowest BCUT2D eigenvalue weighted by Gasteiger charge is -2.44. The van der Waals surface area contributed by atoms with Crippen molar-refractivity contribution in [3.63, 3.8) is 0 Å². The summed E-state index contributed by atoms with van der Waals surface area (Å²) in [7, 11) is 0. The predicted octanol–water partition coefficient (Wildman–Crippen LogP) is 1.35. The molecule has 0 radical (unpaired) electrons. The molecular weight excluding hydrogens is 400 g/mol. The number of carbonyl (C=O) groups excluding carboxylic acids is 2. The maximum absolute atomic E-state index is 13.8. The maximum Gasteiger partial charge on any atom is 0.276 e. The molecule has 1 aromatic carbocycles. The van der Waals surface area contributed by atoms with Gasteiger partial charge in [0.15, 0.2) is 17.7 Å². The highest BCUT2D eigenvalue weighted by Crippen LogP contribution is 2.29. The molecule has 3 atom stereocenters. The van der Waals surface area contributed by atoms with Gasteiger partial charge < -0.3 is 24.6 Å². The number of hydrogen-bond donors (Lipinski definition) is 2. The molecule has 10 heteroatoms. The van der Waals surface area contributed by atoms with Crippen LogP contribution in [0.2, 0.25) is 0 Å². The molecule has 0 bridgehead atoms. The number of benzene rings is 1. The van der Waals surface area contributed by atoms with Crippen LogP contribution in [0.1, 0.15) is 43.8 Å². The summed E-state index contributed by atoms with van der Waals surface area (Å²) < 4.78 is 57.0. The molecule has 2 aliphatic heterocycles. The molecule has 3 heterocycles. The Morgan fingerprint density at radius 3 is 2.90 bits per heavy atom. The van der Waals surface area contributed by atoms with E-state index in [1.807, 2.05) is 0 Å². The topological polar surface area (TPSA) is 101 Å². The molecule has 1 saturated heterocycles. The van der Waals surface area contributed by atoms with Crippen LogP contribution in [0.15, 0.2) is 29.2 Å². The van der Waals surface area contributed by atoms with Gasteiger partial charge in [-0.15, -0.1) is 0 Å². The Hall–Kier alpha value is -3.27. The van der Waals surface area contributed by atoms with Crippen LogP contribution in [0.3, 0.4) is 0 Å². The van der Waals surface area contributed by atoms with Gasteiger partial charge in [-0.25, -0.2) is 8.78 Å². The van der Waals surface area contributed by atoms with Gasteiger partial charge in [0.2, 0.25) is 5.43 Å². The van der Waals surface area contributed by atoms with E-state index >= 15 is 0 Å². The first-order valence-electron chi connectivity index (χ1n) is 10.6. The van der Waals surface area contributed by atoms with Crippen LogP contribution in [0.4, 0.5) is 8.78 Å². The smallest absolute Gasteiger partial charge is 0.276 e. The zero-order valence-corrected chi connectivity index (χ0v) is 15.7. The Balaban J connectivity index is 1.65. The normalized spacial score (nSPS) is 26.1. The lowest BCUT2D eigenvalue weighted by molar-refractivity contribution is -0.112. The number of pyridine rings is 1. The molecule has 4 rings (SSSR count). The Morgan fingerprint density at radius 2 is 2.17 bits per heavy atom. The summed E-state index contributed by atoms with van der Waals surface area (Å²) in [5.74, 6) is -4.48. The maximum atomic E-state index is 13.8. The fourth-order valence-corrected chi connectivity index (χ4v) is 3.46. The molecule has 1 fully saturated rings. The Kier molecular flexibility index (Phi) is 4.14. The van der Waals surface area contributed by atoms with Crippen molar-refractivity contribution < 1.29 is 32.3 Å². The molecule has 2 aromatic rings. The zero-order chi connectivity index (χ0) is 24.2. The molecule has 0 aliphatic carbocycles. The largest absolute Gasteiger partial charge is 0.503 e. The standard InChI is InChI=1S/C20H19F2N3O5/c1-10-4-5-30-15-9-24-8-13(17(26)18(27)16(24)20(29)25(10)15)19(28)23-7-11-2-3-12(21)6-14(11)22/h2-3,6,8,10,15,27H,4-5,7,9H2,1H3,(H,23,28)/t10-,15-/m1/s1/i4D,5D2/t4?,10-,15-. The Morgan fingerprint density at radius 1 is 1.40 bits per heavy atom. The fraction of sp³-hybridized carbons (Fsp3) is 0.350. The third-order valence-corrected chi connectivity index (χ3v) is 5.01. The number of nitrogens with one attached hydrogen (secondary N) is 1. The van der Waals surface area contributed by atoms with Gasteiger partial charge in [0, 0.05) is 31.8 Å². The Bertz CT molecular complexity index is 1220. The van der Waals surface area contributed by atoms with Crippen molar-refractivity contribution in [1.29, 1.82) is 0 Å². The van der Waals surface area contributed by atoms with Gasteiger partial charge in [-0.3, -0.25) is 14.4 Å². The average molecular weight is 422 g/mol. The van der Waals surface area contributed by atoms with Gasteiger partial charge in [0.05, 0.1) is 15.8 Å². The highest BCUT2D eigenvalue weighted by molar-refractivity contribution is 5.99. The van der Waals surface area contributed by atoms with Gasteiger partial charge in [-0.2, -0.15) is 0 Å². The number of hydrogen-bond acceptors (Lipinski definition) is 5. The molecule has 30 heavy (non-hydrogen) atoms. The van der Waals surface area contributed by atoms with Crippen molar-refractivity contribution in [1.82, 2.24) is 14.8 Å². The van der Waals surface area contributed by atoms with Crippen molar-refractivity contribution in [3.8, 4) is 5.75 Å². The summed E-state index contributed by atoms with van der Waals surface area (Å²) >= 11 is 0. The minimum absolute atomic E-state index is 0.0328. The molecule has 158 valence electrons. The van der Waals surface area contributed by atoms with E-state index < -0.39 is 71.1 Å². The fourth-order valence-electron chi connectivity index (χ4n) is 3.46. The number of amides is 2. The van der Waals surface area contributed by atoms with Gasteiger partial charge >= 0.3 is 0 Å². The van der Waals surface area contributed by atoms with Crippen LogP contribution in [0, 0.1) is 11.6 Å². The van der Waals surface area contributed by atoms with Gasteiger partial charge in [0.1, 0.15) is 17.2 Å².